The second-order valence-electron chi connectivity index (χ2n) is 1.75. The van der Waals surface area contributed by atoms with Gasteiger partial charge in [-0.25, -0.2) is 0 Å². The molecule has 0 aliphatic rings. The Morgan fingerprint density at radius 2 is 2.22 bits per heavy atom. The van der Waals surface area contributed by atoms with Crippen LogP contribution < -0.4 is 11.5 Å². The lowest BCUT2D eigenvalue weighted by Crippen LogP contribution is -2.00. The molecule has 0 radical (unpaired) electrons. The average molecular weight is 126 g/mol. The molecule has 52 valence electrons. The van der Waals surface area contributed by atoms with Gasteiger partial charge in [-0.2, -0.15) is 0 Å². The summed E-state index contributed by atoms with van der Waals surface area (Å²) in [6, 6.07) is 0. The smallest absolute Gasteiger partial charge is 0.0282 e. The molecule has 2 nitrogen and oxygen atoms in total. The summed E-state index contributed by atoms with van der Waals surface area (Å²) in [5.41, 5.74) is 11.4. The molecule has 0 saturated heterocycles. The van der Waals surface area contributed by atoms with Crippen LogP contribution in [0.2, 0.25) is 0 Å². The first kappa shape index (κ1) is 8.24. The Bertz CT molecular complexity index is 114. The third-order valence-electron chi connectivity index (χ3n) is 0.900. The zero-order valence-corrected chi connectivity index (χ0v) is 5.80. The monoisotopic (exact) mass is 126 g/mol. The Labute approximate surface area is 56.2 Å². The summed E-state index contributed by atoms with van der Waals surface area (Å²) in [5, 5.41) is 0. The van der Waals surface area contributed by atoms with Crippen molar-refractivity contribution in [3.8, 4) is 0 Å². The van der Waals surface area contributed by atoms with Gasteiger partial charge < -0.3 is 11.5 Å². The van der Waals surface area contributed by atoms with Crippen LogP contribution in [0.4, 0.5) is 0 Å². The summed E-state index contributed by atoms with van der Waals surface area (Å²) in [6.45, 7) is 2.58. The predicted octanol–water partition coefficient (Wildman–Crippen LogP) is 0.754. The second-order valence-corrected chi connectivity index (χ2v) is 1.75. The molecule has 4 N–H and O–H groups in total. The maximum atomic E-state index is 5.46. The molecule has 0 rings (SSSR count). The first-order valence-corrected chi connectivity index (χ1v) is 3.13. The standard InChI is InChI=1S/C7H14N2/c1-2-3-4-7(9)5-6-8/h3-5H,2,6,8-9H2,1H3/b4-3-,7-5+. The van der Waals surface area contributed by atoms with Crippen molar-refractivity contribution in [3.63, 3.8) is 0 Å². The summed E-state index contributed by atoms with van der Waals surface area (Å²) in [6.07, 6.45) is 6.67. The van der Waals surface area contributed by atoms with Crippen LogP contribution >= 0.6 is 0 Å². The number of hydrogen-bond acceptors (Lipinski definition) is 2. The Balaban J connectivity index is 3.60. The molecule has 0 aromatic carbocycles. The fourth-order valence-corrected chi connectivity index (χ4v) is 0.458. The summed E-state index contributed by atoms with van der Waals surface area (Å²) in [5.74, 6) is 0. The van der Waals surface area contributed by atoms with Crippen molar-refractivity contribution in [3.05, 3.63) is 23.9 Å². The highest BCUT2D eigenvalue weighted by Gasteiger charge is 1.76. The van der Waals surface area contributed by atoms with Crippen molar-refractivity contribution in [2.24, 2.45) is 11.5 Å². The fourth-order valence-electron chi connectivity index (χ4n) is 0.458. The van der Waals surface area contributed by atoms with Gasteiger partial charge in [0.15, 0.2) is 0 Å². The number of allylic oxidation sites excluding steroid dienone is 2. The van der Waals surface area contributed by atoms with E-state index < -0.39 is 0 Å². The minimum Gasteiger partial charge on any atom is -0.399 e. The quantitative estimate of drug-likeness (QED) is 0.548. The van der Waals surface area contributed by atoms with Gasteiger partial charge in [0.2, 0.25) is 0 Å². The highest BCUT2D eigenvalue weighted by atomic mass is 14.6. The van der Waals surface area contributed by atoms with Gasteiger partial charge in [0.25, 0.3) is 0 Å². The number of hydrogen-bond donors (Lipinski definition) is 2. The van der Waals surface area contributed by atoms with E-state index in [9.17, 15) is 0 Å². The average Bonchev–Trinajstić information content (AvgIpc) is 1.85. The maximum absolute atomic E-state index is 5.46. The molecule has 0 atom stereocenters. The molecular formula is C7H14N2. The van der Waals surface area contributed by atoms with Crippen LogP contribution in [0.5, 0.6) is 0 Å². The fraction of sp³-hybridized carbons (Fsp3) is 0.429. The number of rotatable bonds is 3. The van der Waals surface area contributed by atoms with Crippen molar-refractivity contribution in [2.75, 3.05) is 6.54 Å². The first-order chi connectivity index (χ1) is 4.31. The summed E-state index contributed by atoms with van der Waals surface area (Å²) in [4.78, 5) is 0. The minimum absolute atomic E-state index is 0.514. The van der Waals surface area contributed by atoms with Gasteiger partial charge in [-0.1, -0.05) is 13.0 Å². The molecule has 2 heteroatoms. The number of nitrogens with two attached hydrogens (primary N) is 2. The van der Waals surface area contributed by atoms with Crippen molar-refractivity contribution < 1.29 is 0 Å². The van der Waals surface area contributed by atoms with Gasteiger partial charge in [-0.05, 0) is 18.6 Å². The van der Waals surface area contributed by atoms with E-state index in [0.717, 1.165) is 12.1 Å². The maximum Gasteiger partial charge on any atom is 0.0282 e. The van der Waals surface area contributed by atoms with Crippen molar-refractivity contribution in [2.45, 2.75) is 13.3 Å². The highest BCUT2D eigenvalue weighted by molar-refractivity contribution is 5.14. The van der Waals surface area contributed by atoms with E-state index in [1.165, 1.54) is 0 Å². The minimum atomic E-state index is 0.514. The van der Waals surface area contributed by atoms with Crippen LogP contribution in [-0.2, 0) is 0 Å². The molecular weight excluding hydrogens is 112 g/mol. The predicted molar refractivity (Wildman–Crippen MR) is 40.8 cm³/mol. The summed E-state index contributed by atoms with van der Waals surface area (Å²) < 4.78 is 0. The third kappa shape index (κ3) is 5.11. The lowest BCUT2D eigenvalue weighted by atomic mass is 10.3. The van der Waals surface area contributed by atoms with Crippen LogP contribution in [0.15, 0.2) is 23.9 Å². The van der Waals surface area contributed by atoms with E-state index in [1.54, 1.807) is 6.08 Å². The Hall–Kier alpha value is -0.760. The Kier molecular flexibility index (Phi) is 4.92. The van der Waals surface area contributed by atoms with Crippen molar-refractivity contribution in [1.29, 1.82) is 0 Å². The molecule has 0 unspecified atom stereocenters. The second kappa shape index (κ2) is 5.38. The van der Waals surface area contributed by atoms with E-state index in [-0.39, 0.29) is 0 Å². The van der Waals surface area contributed by atoms with Crippen molar-refractivity contribution in [1.82, 2.24) is 0 Å². The van der Waals surface area contributed by atoms with E-state index in [2.05, 4.69) is 6.92 Å². The normalized spacial score (nSPS) is 12.9. The van der Waals surface area contributed by atoms with Gasteiger partial charge in [0.05, 0.1) is 0 Å². The summed E-state index contributed by atoms with van der Waals surface area (Å²) >= 11 is 0. The molecule has 0 aliphatic carbocycles. The summed E-state index contributed by atoms with van der Waals surface area (Å²) in [7, 11) is 0. The van der Waals surface area contributed by atoms with E-state index in [1.807, 2.05) is 12.2 Å². The third-order valence-corrected chi connectivity index (χ3v) is 0.900. The molecule has 0 fully saturated rings. The van der Waals surface area contributed by atoms with Crippen LogP contribution in [0.1, 0.15) is 13.3 Å². The van der Waals surface area contributed by atoms with E-state index >= 15 is 0 Å². The Morgan fingerprint density at radius 1 is 1.56 bits per heavy atom. The van der Waals surface area contributed by atoms with Gasteiger partial charge in [0.1, 0.15) is 0 Å². The Morgan fingerprint density at radius 3 is 2.67 bits per heavy atom. The first-order valence-electron chi connectivity index (χ1n) is 3.13. The lowest BCUT2D eigenvalue weighted by Gasteiger charge is -1.88. The molecule has 0 amide bonds. The lowest BCUT2D eigenvalue weighted by molar-refractivity contribution is 1.19. The molecule has 0 saturated carbocycles. The van der Waals surface area contributed by atoms with Crippen LogP contribution in [0.3, 0.4) is 0 Å². The van der Waals surface area contributed by atoms with Gasteiger partial charge in [-0.15, -0.1) is 0 Å². The molecule has 0 aliphatic heterocycles. The zero-order chi connectivity index (χ0) is 7.11. The zero-order valence-electron chi connectivity index (χ0n) is 5.80. The molecule has 9 heavy (non-hydrogen) atoms. The van der Waals surface area contributed by atoms with Crippen molar-refractivity contribution >= 4 is 0 Å². The SMILES string of the molecule is CC/C=C\C(N)=C/CN. The van der Waals surface area contributed by atoms with Crippen LogP contribution in [0.25, 0.3) is 0 Å². The molecule has 0 spiro atoms. The van der Waals surface area contributed by atoms with Crippen LogP contribution in [-0.4, -0.2) is 6.54 Å². The largest absolute Gasteiger partial charge is 0.399 e. The topological polar surface area (TPSA) is 52.0 Å². The van der Waals surface area contributed by atoms with Gasteiger partial charge in [-0.3, -0.25) is 0 Å². The highest BCUT2D eigenvalue weighted by Crippen LogP contribution is 1.86. The molecule has 0 aromatic rings. The molecule has 0 heterocycles. The molecule has 0 bridgehead atoms. The molecule has 0 aromatic heterocycles. The van der Waals surface area contributed by atoms with Gasteiger partial charge in [0, 0.05) is 12.2 Å². The van der Waals surface area contributed by atoms with E-state index in [4.69, 9.17) is 11.5 Å². The van der Waals surface area contributed by atoms with E-state index in [0.29, 0.717) is 6.54 Å². The van der Waals surface area contributed by atoms with Crippen LogP contribution in [0, 0.1) is 0 Å². The van der Waals surface area contributed by atoms with Gasteiger partial charge >= 0.3 is 0 Å².